The summed E-state index contributed by atoms with van der Waals surface area (Å²) in [6.07, 6.45) is 2.44. The Bertz CT molecular complexity index is 670. The predicted molar refractivity (Wildman–Crippen MR) is 74.8 cm³/mol. The maximum absolute atomic E-state index is 12.8. The van der Waals surface area contributed by atoms with Gasteiger partial charge in [0.25, 0.3) is 0 Å². The first kappa shape index (κ1) is 14.3. The van der Waals surface area contributed by atoms with Crippen LogP contribution in [0.1, 0.15) is 24.8 Å². The quantitative estimate of drug-likeness (QED) is 0.908. The molecule has 0 bridgehead atoms. The fraction of sp³-hybridized carbons (Fsp3) is 0.500. The highest BCUT2D eigenvalue weighted by atomic mass is 32.2. The number of piperidine rings is 1. The van der Waals surface area contributed by atoms with Crippen LogP contribution in [0.5, 0.6) is 5.75 Å². The molecule has 1 atom stereocenters. The van der Waals surface area contributed by atoms with Crippen molar-refractivity contribution in [2.45, 2.75) is 36.6 Å². The predicted octanol–water partition coefficient (Wildman–Crippen LogP) is 1.25. The van der Waals surface area contributed by atoms with E-state index in [9.17, 15) is 18.3 Å². The largest absolute Gasteiger partial charge is 0.492 e. The summed E-state index contributed by atoms with van der Waals surface area (Å²) in [6.45, 7) is 0.702. The van der Waals surface area contributed by atoms with Gasteiger partial charge in [0.1, 0.15) is 16.7 Å². The molecule has 0 spiro atoms. The molecule has 2 heterocycles. The summed E-state index contributed by atoms with van der Waals surface area (Å²) in [4.78, 5) is 11.4. The first-order chi connectivity index (χ1) is 10.0. The van der Waals surface area contributed by atoms with Gasteiger partial charge in [-0.15, -0.1) is 0 Å². The summed E-state index contributed by atoms with van der Waals surface area (Å²) in [6, 6.07) is 4.03. The molecule has 0 aliphatic carbocycles. The molecule has 6 nitrogen and oxygen atoms in total. The number of ether oxygens (including phenoxy) is 1. The van der Waals surface area contributed by atoms with Gasteiger partial charge in [0, 0.05) is 13.0 Å². The van der Waals surface area contributed by atoms with Gasteiger partial charge < -0.3 is 9.84 Å². The van der Waals surface area contributed by atoms with Crippen LogP contribution in [0.4, 0.5) is 0 Å². The molecule has 1 unspecified atom stereocenters. The monoisotopic (exact) mass is 311 g/mol. The zero-order valence-electron chi connectivity index (χ0n) is 11.5. The Hall–Kier alpha value is -1.60. The molecule has 0 aromatic heterocycles. The Morgan fingerprint density at radius 1 is 1.33 bits per heavy atom. The third-order valence-corrected chi connectivity index (χ3v) is 5.94. The maximum Gasteiger partial charge on any atom is 0.322 e. The molecule has 3 rings (SSSR count). The van der Waals surface area contributed by atoms with E-state index >= 15 is 0 Å². The van der Waals surface area contributed by atoms with Crippen LogP contribution in [0.25, 0.3) is 0 Å². The van der Waals surface area contributed by atoms with Crippen molar-refractivity contribution in [3.05, 3.63) is 23.8 Å². The Morgan fingerprint density at radius 3 is 2.90 bits per heavy atom. The van der Waals surface area contributed by atoms with Crippen molar-refractivity contribution in [1.29, 1.82) is 0 Å². The fourth-order valence-electron chi connectivity index (χ4n) is 2.95. The van der Waals surface area contributed by atoms with E-state index in [1.807, 2.05) is 6.07 Å². The number of nitrogens with zero attached hydrogens (tertiary/aromatic N) is 1. The third kappa shape index (κ3) is 2.40. The highest BCUT2D eigenvalue weighted by molar-refractivity contribution is 7.89. The lowest BCUT2D eigenvalue weighted by molar-refractivity contribution is -0.142. The van der Waals surface area contributed by atoms with E-state index in [4.69, 9.17) is 4.74 Å². The van der Waals surface area contributed by atoms with E-state index in [1.165, 1.54) is 6.07 Å². The van der Waals surface area contributed by atoms with Gasteiger partial charge in [-0.25, -0.2) is 8.42 Å². The topological polar surface area (TPSA) is 83.9 Å². The van der Waals surface area contributed by atoms with Crippen LogP contribution in [0.15, 0.2) is 23.1 Å². The lowest BCUT2D eigenvalue weighted by Gasteiger charge is -2.32. The summed E-state index contributed by atoms with van der Waals surface area (Å²) >= 11 is 0. The molecule has 1 aromatic rings. The van der Waals surface area contributed by atoms with Crippen molar-refractivity contribution in [2.24, 2.45) is 0 Å². The second-order valence-electron chi connectivity index (χ2n) is 5.31. The van der Waals surface area contributed by atoms with Gasteiger partial charge in [0.2, 0.25) is 10.0 Å². The molecule has 114 valence electrons. The number of carbonyl (C=O) groups is 1. The molecule has 21 heavy (non-hydrogen) atoms. The van der Waals surface area contributed by atoms with E-state index < -0.39 is 22.0 Å². The average Bonchev–Trinajstić information content (AvgIpc) is 2.95. The molecule has 1 N–H and O–H groups in total. The minimum atomic E-state index is -3.85. The van der Waals surface area contributed by atoms with Gasteiger partial charge in [-0.2, -0.15) is 4.31 Å². The van der Waals surface area contributed by atoms with E-state index in [0.29, 0.717) is 31.6 Å². The van der Waals surface area contributed by atoms with Crippen LogP contribution in [-0.4, -0.2) is 43.0 Å². The second-order valence-corrected chi connectivity index (χ2v) is 7.17. The highest BCUT2D eigenvalue weighted by Gasteiger charge is 2.39. The number of para-hydroxylation sites is 1. The number of sulfonamides is 1. The van der Waals surface area contributed by atoms with Crippen LogP contribution >= 0.6 is 0 Å². The molecular formula is C14H17NO5S. The molecule has 7 heteroatoms. The zero-order valence-corrected chi connectivity index (χ0v) is 12.3. The van der Waals surface area contributed by atoms with Gasteiger partial charge in [0.05, 0.1) is 6.61 Å². The van der Waals surface area contributed by atoms with Crippen molar-refractivity contribution in [3.63, 3.8) is 0 Å². The smallest absolute Gasteiger partial charge is 0.322 e. The van der Waals surface area contributed by atoms with Gasteiger partial charge in [0.15, 0.2) is 0 Å². The summed E-state index contributed by atoms with van der Waals surface area (Å²) in [5.41, 5.74) is 0.861. The molecule has 0 radical (unpaired) electrons. The summed E-state index contributed by atoms with van der Waals surface area (Å²) in [7, 11) is -3.85. The molecule has 1 aromatic carbocycles. The van der Waals surface area contributed by atoms with E-state index in [1.54, 1.807) is 6.07 Å². The molecule has 1 saturated heterocycles. The maximum atomic E-state index is 12.8. The van der Waals surface area contributed by atoms with Crippen molar-refractivity contribution in [3.8, 4) is 5.75 Å². The Balaban J connectivity index is 2.04. The van der Waals surface area contributed by atoms with Gasteiger partial charge in [-0.05, 0) is 30.9 Å². The number of carboxylic acid groups (broad SMARTS) is 1. The molecule has 2 aliphatic rings. The molecule has 0 amide bonds. The summed E-state index contributed by atoms with van der Waals surface area (Å²) < 4.78 is 32.2. The van der Waals surface area contributed by atoms with Gasteiger partial charge >= 0.3 is 5.97 Å². The first-order valence-corrected chi connectivity index (χ1v) is 8.45. The van der Waals surface area contributed by atoms with Crippen LogP contribution < -0.4 is 4.74 Å². The van der Waals surface area contributed by atoms with Crippen LogP contribution in [-0.2, 0) is 21.2 Å². The van der Waals surface area contributed by atoms with Gasteiger partial charge in [-0.1, -0.05) is 12.1 Å². The highest BCUT2D eigenvalue weighted by Crippen LogP contribution is 2.36. The Labute approximate surface area is 123 Å². The molecule has 1 fully saturated rings. The molecule has 2 aliphatic heterocycles. The van der Waals surface area contributed by atoms with Crippen molar-refractivity contribution in [2.75, 3.05) is 13.2 Å². The number of hydrogen-bond donors (Lipinski definition) is 1. The average molecular weight is 311 g/mol. The number of fused-ring (bicyclic) bond motifs is 1. The lowest BCUT2D eigenvalue weighted by Crippen LogP contribution is -2.47. The Kier molecular flexibility index (Phi) is 3.62. The minimum Gasteiger partial charge on any atom is -0.492 e. The SMILES string of the molecule is O=C(O)C1CCCCN1S(=O)(=O)c1cccc2c1OCC2. The van der Waals surface area contributed by atoms with Crippen molar-refractivity contribution < 1.29 is 23.1 Å². The molecule has 0 saturated carbocycles. The fourth-order valence-corrected chi connectivity index (χ4v) is 4.78. The second kappa shape index (κ2) is 5.31. The van der Waals surface area contributed by atoms with E-state index in [2.05, 4.69) is 0 Å². The van der Waals surface area contributed by atoms with E-state index in [-0.39, 0.29) is 11.4 Å². The summed E-state index contributed by atoms with van der Waals surface area (Å²) in [5, 5.41) is 9.27. The van der Waals surface area contributed by atoms with E-state index in [0.717, 1.165) is 16.3 Å². The third-order valence-electron chi connectivity index (χ3n) is 4.00. The number of carboxylic acids is 1. The van der Waals surface area contributed by atoms with Crippen LogP contribution in [0, 0.1) is 0 Å². The van der Waals surface area contributed by atoms with Crippen LogP contribution in [0.2, 0.25) is 0 Å². The Morgan fingerprint density at radius 2 is 2.14 bits per heavy atom. The standard InChI is InChI=1S/C14H17NO5S/c16-14(17)11-5-1-2-8-15(11)21(18,19)12-6-3-4-10-7-9-20-13(10)12/h3-4,6,11H,1-2,5,7-9H2,(H,16,17). The lowest BCUT2D eigenvalue weighted by atomic mass is 10.1. The number of benzene rings is 1. The molecular weight excluding hydrogens is 294 g/mol. The zero-order chi connectivity index (χ0) is 15.0. The minimum absolute atomic E-state index is 0.0886. The summed E-state index contributed by atoms with van der Waals surface area (Å²) in [5.74, 6) is -0.709. The van der Waals surface area contributed by atoms with Crippen LogP contribution in [0.3, 0.4) is 0 Å². The number of aliphatic carboxylic acids is 1. The normalized spacial score (nSPS) is 22.6. The van der Waals surface area contributed by atoms with Crippen molar-refractivity contribution in [1.82, 2.24) is 4.31 Å². The van der Waals surface area contributed by atoms with Crippen molar-refractivity contribution >= 4 is 16.0 Å². The first-order valence-electron chi connectivity index (χ1n) is 7.01. The number of hydrogen-bond acceptors (Lipinski definition) is 4. The number of rotatable bonds is 3. The van der Waals surface area contributed by atoms with Gasteiger partial charge in [-0.3, -0.25) is 4.79 Å².